The molecule has 2 unspecified atom stereocenters. The number of amides is 1. The van der Waals surface area contributed by atoms with Gasteiger partial charge in [0.05, 0.1) is 0 Å². The lowest BCUT2D eigenvalue weighted by Gasteiger charge is -2.18. The van der Waals surface area contributed by atoms with Crippen LogP contribution in [0.2, 0.25) is 0 Å². The minimum Gasteiger partial charge on any atom is -0.334 e. The maximum Gasteiger partial charge on any atom is 0.250 e. The van der Waals surface area contributed by atoms with E-state index in [1.807, 2.05) is 23.1 Å². The molecule has 0 N–H and O–H groups in total. The van der Waals surface area contributed by atoms with Crippen molar-refractivity contribution in [2.45, 2.75) is 20.4 Å². The molecule has 0 spiro atoms. The summed E-state index contributed by atoms with van der Waals surface area (Å²) in [5.74, 6) is 0.918. The highest BCUT2D eigenvalue weighted by Crippen LogP contribution is 2.35. The second-order valence-electron chi connectivity index (χ2n) is 5.55. The molecule has 3 rings (SSSR count). The van der Waals surface area contributed by atoms with Crippen LogP contribution in [0.5, 0.6) is 0 Å². The van der Waals surface area contributed by atoms with Crippen LogP contribution in [-0.2, 0) is 11.3 Å². The van der Waals surface area contributed by atoms with E-state index >= 15 is 0 Å². The first-order chi connectivity index (χ1) is 9.16. The Labute approximate surface area is 114 Å². The van der Waals surface area contributed by atoms with Gasteiger partial charge in [0.2, 0.25) is 0 Å². The first-order valence-electron chi connectivity index (χ1n) is 6.89. The summed E-state index contributed by atoms with van der Waals surface area (Å²) in [6, 6.07) is 10.2. The minimum atomic E-state index is 0.225. The van der Waals surface area contributed by atoms with Crippen molar-refractivity contribution < 1.29 is 4.79 Å². The van der Waals surface area contributed by atoms with E-state index in [2.05, 4.69) is 38.1 Å². The van der Waals surface area contributed by atoms with Gasteiger partial charge in [-0.3, -0.25) is 4.79 Å². The summed E-state index contributed by atoms with van der Waals surface area (Å²) >= 11 is 0. The lowest BCUT2D eigenvalue weighted by Crippen LogP contribution is -2.25. The van der Waals surface area contributed by atoms with Crippen molar-refractivity contribution in [1.82, 2.24) is 4.90 Å². The second kappa shape index (κ2) is 4.69. The third-order valence-corrected chi connectivity index (χ3v) is 4.26. The van der Waals surface area contributed by atoms with E-state index in [-0.39, 0.29) is 5.91 Å². The number of carbonyl (C=O) groups is 1. The van der Waals surface area contributed by atoms with Gasteiger partial charge in [0.15, 0.2) is 0 Å². The molecule has 2 heteroatoms. The van der Waals surface area contributed by atoms with Crippen molar-refractivity contribution in [3.05, 3.63) is 59.2 Å². The van der Waals surface area contributed by atoms with Gasteiger partial charge in [0, 0.05) is 24.6 Å². The van der Waals surface area contributed by atoms with Crippen LogP contribution < -0.4 is 0 Å². The van der Waals surface area contributed by atoms with E-state index in [1.165, 1.54) is 11.1 Å². The van der Waals surface area contributed by atoms with Crippen LogP contribution in [-0.4, -0.2) is 17.4 Å². The number of hydrogen-bond acceptors (Lipinski definition) is 1. The Morgan fingerprint density at radius 2 is 1.95 bits per heavy atom. The van der Waals surface area contributed by atoms with Crippen molar-refractivity contribution in [3.63, 3.8) is 0 Å². The number of hydrogen-bond donors (Lipinski definition) is 0. The fourth-order valence-electron chi connectivity index (χ4n) is 2.99. The average Bonchev–Trinajstić information content (AvgIpc) is 2.73. The Kier molecular flexibility index (Phi) is 3.02. The zero-order valence-corrected chi connectivity index (χ0v) is 11.5. The van der Waals surface area contributed by atoms with Gasteiger partial charge in [-0.15, -0.1) is 0 Å². The molecule has 2 nitrogen and oxygen atoms in total. The molecule has 2 aliphatic rings. The van der Waals surface area contributed by atoms with Crippen LogP contribution in [0.1, 0.15) is 19.4 Å². The molecule has 0 radical (unpaired) electrons. The molecule has 1 aliphatic heterocycles. The van der Waals surface area contributed by atoms with Gasteiger partial charge >= 0.3 is 0 Å². The van der Waals surface area contributed by atoms with Crippen LogP contribution in [0.15, 0.2) is 53.6 Å². The number of fused-ring (bicyclic) bond motifs is 1. The molecule has 0 bridgehead atoms. The van der Waals surface area contributed by atoms with Crippen molar-refractivity contribution in [2.75, 3.05) is 6.54 Å². The van der Waals surface area contributed by atoms with Crippen LogP contribution in [0, 0.1) is 11.8 Å². The number of likely N-dealkylation sites (tertiary alicyclic amines) is 1. The molecule has 98 valence electrons. The zero-order chi connectivity index (χ0) is 13.4. The Bertz CT molecular complexity index is 556. The Balaban J connectivity index is 1.84. The monoisotopic (exact) mass is 253 g/mol. The summed E-state index contributed by atoms with van der Waals surface area (Å²) in [5.41, 5.74) is 3.48. The van der Waals surface area contributed by atoms with Crippen LogP contribution in [0.4, 0.5) is 0 Å². The first-order valence-corrected chi connectivity index (χ1v) is 6.89. The van der Waals surface area contributed by atoms with Crippen LogP contribution in [0.25, 0.3) is 0 Å². The molecular weight excluding hydrogens is 234 g/mol. The molecule has 1 amide bonds. The highest BCUT2D eigenvalue weighted by Gasteiger charge is 2.37. The van der Waals surface area contributed by atoms with Gasteiger partial charge in [-0.1, -0.05) is 55.0 Å². The van der Waals surface area contributed by atoms with Crippen molar-refractivity contribution in [3.8, 4) is 0 Å². The highest BCUT2D eigenvalue weighted by molar-refractivity contribution is 5.98. The number of nitrogens with zero attached hydrogens (tertiary/aromatic N) is 1. The normalized spacial score (nSPS) is 26.0. The zero-order valence-electron chi connectivity index (χ0n) is 11.5. The second-order valence-corrected chi connectivity index (χ2v) is 5.55. The van der Waals surface area contributed by atoms with Gasteiger partial charge in [-0.25, -0.2) is 0 Å². The van der Waals surface area contributed by atoms with Crippen LogP contribution >= 0.6 is 0 Å². The van der Waals surface area contributed by atoms with E-state index in [4.69, 9.17) is 0 Å². The molecule has 1 aromatic rings. The van der Waals surface area contributed by atoms with Gasteiger partial charge in [-0.05, 0) is 18.4 Å². The number of allylic oxidation sites excluding steroid dienone is 2. The molecule has 1 aliphatic carbocycles. The fraction of sp³-hybridized carbons (Fsp3) is 0.353. The van der Waals surface area contributed by atoms with Crippen molar-refractivity contribution in [2.24, 2.45) is 11.8 Å². The third-order valence-electron chi connectivity index (χ3n) is 4.26. The number of benzene rings is 1. The van der Waals surface area contributed by atoms with Gasteiger partial charge < -0.3 is 4.90 Å². The smallest absolute Gasteiger partial charge is 0.250 e. The minimum absolute atomic E-state index is 0.225. The van der Waals surface area contributed by atoms with E-state index < -0.39 is 0 Å². The summed E-state index contributed by atoms with van der Waals surface area (Å²) in [6.45, 7) is 5.79. The predicted molar refractivity (Wildman–Crippen MR) is 76.4 cm³/mol. The highest BCUT2D eigenvalue weighted by atomic mass is 16.2. The maximum atomic E-state index is 12.5. The summed E-state index contributed by atoms with van der Waals surface area (Å²) in [5, 5.41) is 0. The maximum absolute atomic E-state index is 12.5. The molecule has 19 heavy (non-hydrogen) atoms. The van der Waals surface area contributed by atoms with E-state index in [1.54, 1.807) is 0 Å². The standard InChI is InChI=1S/C17H19NO/c1-12-8-9-15-11-18(17(19)16(15)13(12)2)10-14-6-4-3-5-7-14/h3-9,12,15H,10-11H2,1-2H3. The van der Waals surface area contributed by atoms with Crippen molar-refractivity contribution in [1.29, 1.82) is 0 Å². The molecule has 1 saturated heterocycles. The van der Waals surface area contributed by atoms with Crippen molar-refractivity contribution >= 4 is 5.91 Å². The predicted octanol–water partition coefficient (Wildman–Crippen LogP) is 3.17. The average molecular weight is 253 g/mol. The molecule has 2 atom stereocenters. The van der Waals surface area contributed by atoms with E-state index in [9.17, 15) is 4.79 Å². The largest absolute Gasteiger partial charge is 0.334 e. The molecule has 1 heterocycles. The molecule has 1 fully saturated rings. The van der Waals surface area contributed by atoms with E-state index in [0.29, 0.717) is 11.8 Å². The summed E-state index contributed by atoms with van der Waals surface area (Å²) in [4.78, 5) is 14.5. The molecular formula is C17H19NO. The quantitative estimate of drug-likeness (QED) is 0.741. The SMILES string of the molecule is CC1=C2C(=O)N(Cc3ccccc3)CC2C=CC1C. The number of carbonyl (C=O) groups excluding carboxylic acids is 1. The Morgan fingerprint density at radius 1 is 1.21 bits per heavy atom. The van der Waals surface area contributed by atoms with Crippen LogP contribution in [0.3, 0.4) is 0 Å². The lowest BCUT2D eigenvalue weighted by molar-refractivity contribution is -0.125. The van der Waals surface area contributed by atoms with E-state index in [0.717, 1.165) is 18.7 Å². The topological polar surface area (TPSA) is 20.3 Å². The summed E-state index contributed by atoms with van der Waals surface area (Å²) in [7, 11) is 0. The summed E-state index contributed by atoms with van der Waals surface area (Å²) in [6.07, 6.45) is 4.43. The molecule has 0 aromatic heterocycles. The third kappa shape index (κ3) is 2.12. The van der Waals surface area contributed by atoms with Gasteiger partial charge in [-0.2, -0.15) is 0 Å². The lowest BCUT2D eigenvalue weighted by atomic mass is 9.85. The van der Waals surface area contributed by atoms with Gasteiger partial charge in [0.1, 0.15) is 0 Å². The fourth-order valence-corrected chi connectivity index (χ4v) is 2.99. The first kappa shape index (κ1) is 12.2. The Hall–Kier alpha value is -1.83. The molecule has 0 saturated carbocycles. The molecule has 1 aromatic carbocycles. The summed E-state index contributed by atoms with van der Waals surface area (Å²) < 4.78 is 0. The van der Waals surface area contributed by atoms with Gasteiger partial charge in [0.25, 0.3) is 5.91 Å². The number of rotatable bonds is 2. The Morgan fingerprint density at radius 3 is 2.68 bits per heavy atom.